The van der Waals surface area contributed by atoms with E-state index in [0.717, 1.165) is 5.69 Å². The monoisotopic (exact) mass is 533 g/mol. The summed E-state index contributed by atoms with van der Waals surface area (Å²) in [5.41, 5.74) is 2.17. The number of aliphatic hydroxyl groups is 2. The molecular formula is C25H29Cl2N5O4. The number of halogens is 2. The lowest BCUT2D eigenvalue weighted by molar-refractivity contribution is -0.121. The van der Waals surface area contributed by atoms with Crippen LogP contribution < -0.4 is 16.0 Å². The Hall–Kier alpha value is -3.11. The molecule has 192 valence electrons. The van der Waals surface area contributed by atoms with E-state index in [4.69, 9.17) is 33.4 Å². The molecule has 3 aromatic rings. The second-order valence-corrected chi connectivity index (χ2v) is 10.0. The Balaban J connectivity index is 1.84. The fraction of sp³-hybridized carbons (Fsp3) is 0.320. The molecule has 3 amide bonds. The molecule has 3 rings (SSSR count). The van der Waals surface area contributed by atoms with Crippen LogP contribution in [0, 0.1) is 0 Å². The molecule has 2 aromatic carbocycles. The summed E-state index contributed by atoms with van der Waals surface area (Å²) in [6, 6.07) is 13.4. The van der Waals surface area contributed by atoms with E-state index in [0.29, 0.717) is 27.8 Å². The van der Waals surface area contributed by atoms with Crippen molar-refractivity contribution in [1.82, 2.24) is 15.1 Å². The van der Waals surface area contributed by atoms with E-state index in [1.807, 2.05) is 26.8 Å². The average Bonchev–Trinajstić information content (AvgIpc) is 3.25. The lowest BCUT2D eigenvalue weighted by atomic mass is 9.92. The molecule has 1 unspecified atom stereocenters. The van der Waals surface area contributed by atoms with Crippen LogP contribution in [0.5, 0.6) is 0 Å². The molecule has 5 N–H and O–H groups in total. The molecule has 0 fully saturated rings. The molecule has 0 spiro atoms. The van der Waals surface area contributed by atoms with Crippen molar-refractivity contribution in [1.29, 1.82) is 0 Å². The Morgan fingerprint density at radius 1 is 1.08 bits per heavy atom. The van der Waals surface area contributed by atoms with Gasteiger partial charge in [-0.1, -0.05) is 62.2 Å². The topological polar surface area (TPSA) is 129 Å². The second kappa shape index (κ2) is 11.7. The van der Waals surface area contributed by atoms with E-state index in [-0.39, 0.29) is 29.3 Å². The third kappa shape index (κ3) is 7.20. The number of nitrogens with zero attached hydrogens (tertiary/aromatic N) is 2. The summed E-state index contributed by atoms with van der Waals surface area (Å²) < 4.78 is 1.59. The van der Waals surface area contributed by atoms with E-state index in [2.05, 4.69) is 16.0 Å². The molecule has 1 atom stereocenters. The zero-order valence-corrected chi connectivity index (χ0v) is 21.7. The van der Waals surface area contributed by atoms with Crippen LogP contribution in [0.3, 0.4) is 0 Å². The zero-order valence-electron chi connectivity index (χ0n) is 20.2. The number of hydrogen-bond donors (Lipinski definition) is 5. The van der Waals surface area contributed by atoms with Gasteiger partial charge in [-0.2, -0.15) is 5.10 Å². The maximum Gasteiger partial charge on any atom is 0.324 e. The van der Waals surface area contributed by atoms with Gasteiger partial charge in [-0.05, 0) is 29.8 Å². The molecule has 1 aromatic heterocycles. The average molecular weight is 534 g/mol. The van der Waals surface area contributed by atoms with Gasteiger partial charge in [0, 0.05) is 18.0 Å². The van der Waals surface area contributed by atoms with Crippen molar-refractivity contribution in [2.75, 3.05) is 23.8 Å². The first-order valence-corrected chi connectivity index (χ1v) is 12.0. The minimum atomic E-state index is -1.01. The molecule has 0 aliphatic carbocycles. The molecule has 0 aliphatic heterocycles. The molecule has 0 saturated heterocycles. The highest BCUT2D eigenvalue weighted by atomic mass is 35.5. The Morgan fingerprint density at radius 2 is 1.81 bits per heavy atom. The minimum Gasteiger partial charge on any atom is -0.394 e. The summed E-state index contributed by atoms with van der Waals surface area (Å²) >= 11 is 12.2. The molecule has 0 aliphatic rings. The Bertz CT molecular complexity index is 1240. The van der Waals surface area contributed by atoms with Gasteiger partial charge in [-0.25, -0.2) is 9.48 Å². The maximum absolute atomic E-state index is 12.8. The van der Waals surface area contributed by atoms with Crippen LogP contribution in [0.2, 0.25) is 10.0 Å². The number of carbonyl (C=O) groups excluding carboxylic acids is 2. The smallest absolute Gasteiger partial charge is 0.324 e. The highest BCUT2D eigenvalue weighted by Gasteiger charge is 2.22. The first-order chi connectivity index (χ1) is 17.0. The third-order valence-electron chi connectivity index (χ3n) is 5.18. The maximum atomic E-state index is 12.8. The predicted octanol–water partition coefficient (Wildman–Crippen LogP) is 4.13. The van der Waals surface area contributed by atoms with E-state index < -0.39 is 18.7 Å². The number of hydrogen-bond acceptors (Lipinski definition) is 5. The summed E-state index contributed by atoms with van der Waals surface area (Å²) in [7, 11) is 0. The van der Waals surface area contributed by atoms with Crippen molar-refractivity contribution in [3.05, 3.63) is 69.8 Å². The van der Waals surface area contributed by atoms with Gasteiger partial charge in [0.1, 0.15) is 5.82 Å². The molecule has 36 heavy (non-hydrogen) atoms. The number of carbonyl (C=O) groups is 2. The second-order valence-electron chi connectivity index (χ2n) is 9.24. The lowest BCUT2D eigenvalue weighted by Crippen LogP contribution is -2.34. The highest BCUT2D eigenvalue weighted by molar-refractivity contribution is 6.44. The molecule has 0 saturated carbocycles. The van der Waals surface area contributed by atoms with Crippen molar-refractivity contribution < 1.29 is 19.8 Å². The van der Waals surface area contributed by atoms with Crippen molar-refractivity contribution in [3.8, 4) is 5.69 Å². The minimum absolute atomic E-state index is 0.0387. The van der Waals surface area contributed by atoms with Crippen molar-refractivity contribution in [2.45, 2.75) is 38.7 Å². The summed E-state index contributed by atoms with van der Waals surface area (Å²) in [4.78, 5) is 25.0. The first-order valence-electron chi connectivity index (χ1n) is 11.3. The number of urea groups is 1. The number of aliphatic hydroxyl groups excluding tert-OH is 2. The molecule has 9 nitrogen and oxygen atoms in total. The first kappa shape index (κ1) is 27.5. The molecule has 0 radical (unpaired) electrons. The molecule has 1 heterocycles. The number of anilines is 2. The van der Waals surface area contributed by atoms with E-state index in [1.165, 1.54) is 0 Å². The van der Waals surface area contributed by atoms with Crippen molar-refractivity contribution >= 4 is 46.6 Å². The Morgan fingerprint density at radius 3 is 2.50 bits per heavy atom. The van der Waals surface area contributed by atoms with Crippen LogP contribution in [0.25, 0.3) is 5.69 Å². The fourth-order valence-corrected chi connectivity index (χ4v) is 3.59. The zero-order chi connectivity index (χ0) is 26.5. The quantitative estimate of drug-likeness (QED) is 0.297. The van der Waals surface area contributed by atoms with Crippen LogP contribution in [-0.4, -0.2) is 51.2 Å². The summed E-state index contributed by atoms with van der Waals surface area (Å²) in [6.45, 7) is 5.56. The summed E-state index contributed by atoms with van der Waals surface area (Å²) in [5, 5.41) is 31.7. The molecule has 11 heteroatoms. The standard InChI is InChI=1S/C25H29Cl2N5O4/c1-25(2,3)20-12-21(30-24(36)29-19-9-5-8-18(26)23(19)27)32(31-20)16-7-4-6-15(10-16)11-22(35)28-13-17(34)14-33/h4-10,12,17,33-34H,11,13-14H2,1-3H3,(H,28,35)(H2,29,30,36). The summed E-state index contributed by atoms with van der Waals surface area (Å²) in [5.74, 6) is 0.120. The number of aromatic nitrogens is 2. The van der Waals surface area contributed by atoms with Gasteiger partial charge >= 0.3 is 6.03 Å². The van der Waals surface area contributed by atoms with E-state index >= 15 is 0 Å². The molecular weight excluding hydrogens is 505 g/mol. The highest BCUT2D eigenvalue weighted by Crippen LogP contribution is 2.30. The SMILES string of the molecule is CC(C)(C)c1cc(NC(=O)Nc2cccc(Cl)c2Cl)n(-c2cccc(CC(=O)NCC(O)CO)c2)n1. The van der Waals surface area contributed by atoms with Crippen LogP contribution >= 0.6 is 23.2 Å². The largest absolute Gasteiger partial charge is 0.394 e. The van der Waals surface area contributed by atoms with Gasteiger partial charge in [0.2, 0.25) is 5.91 Å². The summed E-state index contributed by atoms with van der Waals surface area (Å²) in [6.07, 6.45) is -0.947. The molecule has 0 bridgehead atoms. The fourth-order valence-electron chi connectivity index (χ4n) is 3.25. The number of nitrogens with one attached hydrogen (secondary N) is 3. The normalized spacial score (nSPS) is 12.2. The van der Waals surface area contributed by atoms with Crippen LogP contribution in [0.1, 0.15) is 32.0 Å². The Kier molecular flexibility index (Phi) is 8.97. The van der Waals surface area contributed by atoms with Crippen LogP contribution in [-0.2, 0) is 16.6 Å². The van der Waals surface area contributed by atoms with Gasteiger partial charge in [0.05, 0.1) is 46.2 Å². The van der Waals surface area contributed by atoms with Crippen molar-refractivity contribution in [3.63, 3.8) is 0 Å². The van der Waals surface area contributed by atoms with Gasteiger partial charge < -0.3 is 20.8 Å². The van der Waals surface area contributed by atoms with Crippen molar-refractivity contribution in [2.24, 2.45) is 0 Å². The van der Waals surface area contributed by atoms with Gasteiger partial charge in [0.25, 0.3) is 0 Å². The van der Waals surface area contributed by atoms with E-state index in [9.17, 15) is 14.7 Å². The number of amides is 3. The number of benzene rings is 2. The van der Waals surface area contributed by atoms with Crippen LogP contribution in [0.4, 0.5) is 16.3 Å². The Labute approximate surface area is 219 Å². The van der Waals surface area contributed by atoms with Gasteiger partial charge in [0.15, 0.2) is 0 Å². The van der Waals surface area contributed by atoms with Crippen LogP contribution in [0.15, 0.2) is 48.5 Å². The number of rotatable bonds is 8. The third-order valence-corrected chi connectivity index (χ3v) is 6.00. The van der Waals surface area contributed by atoms with Gasteiger partial charge in [-0.3, -0.25) is 10.1 Å². The predicted molar refractivity (Wildman–Crippen MR) is 141 cm³/mol. The van der Waals surface area contributed by atoms with E-state index in [1.54, 1.807) is 47.1 Å². The lowest BCUT2D eigenvalue weighted by Gasteiger charge is -2.14. The van der Waals surface area contributed by atoms with Gasteiger partial charge in [-0.15, -0.1) is 0 Å².